The molecule has 2 aromatic heterocycles. The normalized spacial score (nSPS) is 15.9. The minimum absolute atomic E-state index is 0.317. The SMILES string of the molecule is CC(C)(C)OC(=O)N1CCCC1c1nc(-c2ccc(C#Cc3cccc(F)c3)cn2)no1. The van der Waals surface area contributed by atoms with Crippen molar-refractivity contribution in [3.05, 3.63) is 65.4 Å². The van der Waals surface area contributed by atoms with Crippen molar-refractivity contribution in [1.29, 1.82) is 0 Å². The van der Waals surface area contributed by atoms with Crippen LogP contribution in [0.1, 0.15) is 56.7 Å². The maximum absolute atomic E-state index is 13.3. The molecule has 8 heteroatoms. The lowest BCUT2D eigenvalue weighted by molar-refractivity contribution is 0.0199. The Labute approximate surface area is 185 Å². The average molecular weight is 434 g/mol. The van der Waals surface area contributed by atoms with Crippen molar-refractivity contribution in [2.45, 2.75) is 45.3 Å². The average Bonchev–Trinajstić information content (AvgIpc) is 3.41. The minimum atomic E-state index is -0.576. The molecule has 1 amide bonds. The number of halogens is 1. The summed E-state index contributed by atoms with van der Waals surface area (Å²) < 4.78 is 24.2. The van der Waals surface area contributed by atoms with Crippen molar-refractivity contribution >= 4 is 6.09 Å². The first kappa shape index (κ1) is 21.5. The maximum atomic E-state index is 13.3. The topological polar surface area (TPSA) is 81.4 Å². The van der Waals surface area contributed by atoms with Crippen LogP contribution < -0.4 is 0 Å². The smallest absolute Gasteiger partial charge is 0.410 e. The van der Waals surface area contributed by atoms with Crippen LogP contribution in [0.5, 0.6) is 0 Å². The summed E-state index contributed by atoms with van der Waals surface area (Å²) in [5.41, 5.74) is 1.21. The number of hydrogen-bond acceptors (Lipinski definition) is 6. The second kappa shape index (κ2) is 8.79. The summed E-state index contributed by atoms with van der Waals surface area (Å²) in [4.78, 5) is 22.9. The molecule has 0 aliphatic carbocycles. The molecule has 3 aromatic rings. The first-order valence-corrected chi connectivity index (χ1v) is 10.4. The molecule has 0 radical (unpaired) electrons. The number of amides is 1. The van der Waals surface area contributed by atoms with Crippen molar-refractivity contribution in [2.75, 3.05) is 6.54 Å². The molecule has 0 N–H and O–H groups in total. The molecule has 7 nitrogen and oxygen atoms in total. The Balaban J connectivity index is 1.47. The van der Waals surface area contributed by atoms with Crippen LogP contribution in [-0.4, -0.2) is 38.3 Å². The Morgan fingerprint density at radius 1 is 1.22 bits per heavy atom. The molecular formula is C24H23FN4O3. The molecule has 4 rings (SSSR count). The second-order valence-corrected chi connectivity index (χ2v) is 8.48. The fourth-order valence-electron chi connectivity index (χ4n) is 3.35. The molecule has 0 spiro atoms. The summed E-state index contributed by atoms with van der Waals surface area (Å²) in [7, 11) is 0. The number of carbonyl (C=O) groups is 1. The molecule has 1 saturated heterocycles. The molecule has 164 valence electrons. The monoisotopic (exact) mass is 434 g/mol. The molecule has 0 saturated carbocycles. The Morgan fingerprint density at radius 3 is 2.75 bits per heavy atom. The van der Waals surface area contributed by atoms with E-state index in [1.165, 1.54) is 12.1 Å². The highest BCUT2D eigenvalue weighted by Crippen LogP contribution is 2.33. The van der Waals surface area contributed by atoms with Crippen LogP contribution in [0.25, 0.3) is 11.5 Å². The number of nitrogens with zero attached hydrogens (tertiary/aromatic N) is 4. The molecule has 1 aliphatic heterocycles. The highest BCUT2D eigenvalue weighted by atomic mass is 19.1. The third kappa shape index (κ3) is 5.11. The summed E-state index contributed by atoms with van der Waals surface area (Å²) in [6.45, 7) is 6.07. The number of benzene rings is 1. The van der Waals surface area contributed by atoms with E-state index in [-0.39, 0.29) is 18.0 Å². The predicted molar refractivity (Wildman–Crippen MR) is 115 cm³/mol. The molecule has 1 unspecified atom stereocenters. The third-order valence-corrected chi connectivity index (χ3v) is 4.78. The lowest BCUT2D eigenvalue weighted by Crippen LogP contribution is -2.36. The molecule has 3 heterocycles. The lowest BCUT2D eigenvalue weighted by atomic mass is 10.2. The van der Waals surface area contributed by atoms with Crippen LogP contribution in [0.2, 0.25) is 0 Å². The van der Waals surface area contributed by atoms with E-state index in [1.54, 1.807) is 35.4 Å². The second-order valence-electron chi connectivity index (χ2n) is 8.48. The van der Waals surface area contributed by atoms with Gasteiger partial charge >= 0.3 is 6.09 Å². The summed E-state index contributed by atoms with van der Waals surface area (Å²) in [5.74, 6) is 6.22. The van der Waals surface area contributed by atoms with E-state index in [0.29, 0.717) is 35.1 Å². The van der Waals surface area contributed by atoms with Crippen LogP contribution in [0.3, 0.4) is 0 Å². The van der Waals surface area contributed by atoms with Crippen LogP contribution in [-0.2, 0) is 4.74 Å². The maximum Gasteiger partial charge on any atom is 0.410 e. The Morgan fingerprint density at radius 2 is 2.03 bits per heavy atom. The number of aromatic nitrogens is 3. The van der Waals surface area contributed by atoms with E-state index >= 15 is 0 Å². The highest BCUT2D eigenvalue weighted by molar-refractivity contribution is 5.69. The Bertz CT molecular complexity index is 1170. The zero-order valence-corrected chi connectivity index (χ0v) is 18.1. The molecule has 1 atom stereocenters. The van der Waals surface area contributed by atoms with Crippen molar-refractivity contribution in [3.8, 4) is 23.4 Å². The number of hydrogen-bond donors (Lipinski definition) is 0. The van der Waals surface area contributed by atoms with Gasteiger partial charge in [-0.2, -0.15) is 4.98 Å². The van der Waals surface area contributed by atoms with E-state index in [1.807, 2.05) is 20.8 Å². The van der Waals surface area contributed by atoms with E-state index in [9.17, 15) is 9.18 Å². The number of ether oxygens (including phenoxy) is 1. The zero-order chi connectivity index (χ0) is 22.7. The Hall–Kier alpha value is -3.73. The van der Waals surface area contributed by atoms with Gasteiger partial charge in [-0.25, -0.2) is 9.18 Å². The zero-order valence-electron chi connectivity index (χ0n) is 18.1. The molecule has 32 heavy (non-hydrogen) atoms. The van der Waals surface area contributed by atoms with Gasteiger partial charge in [0.15, 0.2) is 0 Å². The number of pyridine rings is 1. The minimum Gasteiger partial charge on any atom is -0.444 e. The van der Waals surface area contributed by atoms with E-state index in [2.05, 4.69) is 27.0 Å². The van der Waals surface area contributed by atoms with Gasteiger partial charge in [-0.1, -0.05) is 23.1 Å². The van der Waals surface area contributed by atoms with Gasteiger partial charge in [-0.05, 0) is 63.9 Å². The van der Waals surface area contributed by atoms with Gasteiger partial charge in [0.2, 0.25) is 11.7 Å². The first-order valence-electron chi connectivity index (χ1n) is 10.4. The van der Waals surface area contributed by atoms with Crippen LogP contribution >= 0.6 is 0 Å². The van der Waals surface area contributed by atoms with Crippen LogP contribution in [0, 0.1) is 17.7 Å². The molecule has 1 aliphatic rings. The van der Waals surface area contributed by atoms with Crippen molar-refractivity contribution in [2.24, 2.45) is 0 Å². The standard InChI is InChI=1S/C24H23FN4O3/c1-24(2,3)31-23(30)29-13-5-8-20(29)22-27-21(28-32-22)19-12-11-17(15-26-19)10-9-16-6-4-7-18(25)14-16/h4,6-7,11-12,14-15,20H,5,8,13H2,1-3H3. The fourth-order valence-corrected chi connectivity index (χ4v) is 3.35. The molecular weight excluding hydrogens is 411 g/mol. The number of rotatable bonds is 2. The summed E-state index contributed by atoms with van der Waals surface area (Å²) in [6, 6.07) is 9.31. The van der Waals surface area contributed by atoms with Gasteiger partial charge in [0.05, 0.1) is 0 Å². The molecule has 1 aromatic carbocycles. The largest absolute Gasteiger partial charge is 0.444 e. The van der Waals surface area contributed by atoms with Gasteiger partial charge in [0, 0.05) is 23.9 Å². The van der Waals surface area contributed by atoms with Gasteiger partial charge in [0.25, 0.3) is 0 Å². The van der Waals surface area contributed by atoms with Crippen molar-refractivity contribution in [1.82, 2.24) is 20.0 Å². The molecule has 0 bridgehead atoms. The van der Waals surface area contributed by atoms with Crippen LogP contribution in [0.4, 0.5) is 9.18 Å². The van der Waals surface area contributed by atoms with E-state index < -0.39 is 5.60 Å². The van der Waals surface area contributed by atoms with Gasteiger partial charge in [-0.3, -0.25) is 9.88 Å². The van der Waals surface area contributed by atoms with Gasteiger partial charge in [-0.15, -0.1) is 0 Å². The summed E-state index contributed by atoms with van der Waals surface area (Å²) in [6.07, 6.45) is 2.76. The van der Waals surface area contributed by atoms with Gasteiger partial charge < -0.3 is 9.26 Å². The number of carbonyl (C=O) groups excluding carboxylic acids is 1. The van der Waals surface area contributed by atoms with E-state index in [4.69, 9.17) is 9.26 Å². The summed E-state index contributed by atoms with van der Waals surface area (Å²) >= 11 is 0. The quantitative estimate of drug-likeness (QED) is 0.542. The lowest BCUT2D eigenvalue weighted by Gasteiger charge is -2.26. The number of likely N-dealkylation sites (tertiary alicyclic amines) is 1. The first-order chi connectivity index (χ1) is 15.3. The van der Waals surface area contributed by atoms with Crippen molar-refractivity contribution in [3.63, 3.8) is 0 Å². The van der Waals surface area contributed by atoms with Gasteiger partial charge in [0.1, 0.15) is 23.2 Å². The van der Waals surface area contributed by atoms with E-state index in [0.717, 1.165) is 12.8 Å². The fraction of sp³-hybridized carbons (Fsp3) is 0.333. The molecule has 1 fully saturated rings. The Kier molecular flexibility index (Phi) is 5.91. The third-order valence-electron chi connectivity index (χ3n) is 4.78. The predicted octanol–water partition coefficient (Wildman–Crippen LogP) is 4.74. The summed E-state index contributed by atoms with van der Waals surface area (Å²) in [5, 5.41) is 4.03. The highest BCUT2D eigenvalue weighted by Gasteiger charge is 2.36. The van der Waals surface area contributed by atoms with Crippen LogP contribution in [0.15, 0.2) is 47.1 Å². The van der Waals surface area contributed by atoms with Crippen molar-refractivity contribution < 1.29 is 18.4 Å².